The standard InChI is InChI=1S/C93H172N4O6/c1-7-13-19-25-31-37-43-49-55-61-75-96(76-62-56-50-44-38-32-26-20-14-8-2,77-63-57-51-45-39-33-27-21-15-9-3)90(82-98)84-102-92(100)94-88-71-67-86(68-72-88)81-87-69-73-89(74-70-87)95-93(101)103-85-91(83-99)97(78-64-58-52-46-40-34-28-22-16-10-4,79-65-59-53-47-41-35-29-23-17-11-5)80-66-60-54-48-42-36-30-24-18-12-6/h67-74,90-91,98-99H,7-66,75-85H2,1-6H3/p+2. The van der Waals surface area contributed by atoms with Crippen LogP contribution in [0.2, 0.25) is 0 Å². The number of benzene rings is 2. The number of carbonyl (C=O) groups is 2. The van der Waals surface area contributed by atoms with Crippen molar-refractivity contribution in [1.29, 1.82) is 0 Å². The molecule has 0 saturated carbocycles. The minimum absolute atomic E-state index is 0.0139. The monoisotopic (exact) mass is 1440 g/mol. The zero-order chi connectivity index (χ0) is 74.3. The summed E-state index contributed by atoms with van der Waals surface area (Å²) in [6, 6.07) is 15.7. The highest BCUT2D eigenvalue weighted by Gasteiger charge is 2.38. The number of quaternary nitrogens is 2. The minimum atomic E-state index is -0.467. The molecule has 0 bridgehead atoms. The van der Waals surface area contributed by atoms with Crippen LogP contribution in [0.5, 0.6) is 0 Å². The minimum Gasteiger partial charge on any atom is -0.443 e. The summed E-state index contributed by atoms with van der Waals surface area (Å²) in [5.41, 5.74) is 3.59. The lowest BCUT2D eigenvalue weighted by atomic mass is 10.0. The van der Waals surface area contributed by atoms with Gasteiger partial charge >= 0.3 is 12.2 Å². The molecule has 0 aliphatic rings. The molecule has 10 nitrogen and oxygen atoms in total. The number of aliphatic hydroxyl groups excluding tert-OH is 2. The van der Waals surface area contributed by atoms with Gasteiger partial charge in [0.1, 0.15) is 25.3 Å². The number of ether oxygens (including phenoxy) is 2. The average Bonchev–Trinajstić information content (AvgIpc) is 0.834. The topological polar surface area (TPSA) is 117 Å². The van der Waals surface area contributed by atoms with Crippen LogP contribution in [0.3, 0.4) is 0 Å². The van der Waals surface area contributed by atoms with Crippen LogP contribution in [0.25, 0.3) is 0 Å². The Kier molecular flexibility index (Phi) is 65.6. The van der Waals surface area contributed by atoms with Gasteiger partial charge in [-0.3, -0.25) is 10.6 Å². The van der Waals surface area contributed by atoms with E-state index in [0.29, 0.717) is 17.8 Å². The molecule has 0 fully saturated rings. The molecule has 2 atom stereocenters. The maximum absolute atomic E-state index is 13.7. The van der Waals surface area contributed by atoms with Crippen molar-refractivity contribution >= 4 is 23.6 Å². The normalized spacial score (nSPS) is 12.5. The Morgan fingerprint density at radius 2 is 0.437 bits per heavy atom. The van der Waals surface area contributed by atoms with Crippen molar-refractivity contribution in [2.45, 2.75) is 445 Å². The molecule has 2 aromatic rings. The lowest BCUT2D eigenvalue weighted by molar-refractivity contribution is -0.952. The summed E-state index contributed by atoms with van der Waals surface area (Å²) in [5.74, 6) is 0. The van der Waals surface area contributed by atoms with Gasteiger partial charge in [0, 0.05) is 11.4 Å². The molecule has 600 valence electrons. The van der Waals surface area contributed by atoms with Gasteiger partial charge in [-0.05, 0) is 119 Å². The largest absolute Gasteiger partial charge is 0.443 e. The van der Waals surface area contributed by atoms with Crippen LogP contribution in [0.1, 0.15) is 438 Å². The molecule has 0 aliphatic heterocycles. The highest BCUT2D eigenvalue weighted by molar-refractivity contribution is 5.85. The number of carbonyl (C=O) groups excluding carboxylic acids is 2. The zero-order valence-electron chi connectivity index (χ0n) is 69.4. The summed E-state index contributed by atoms with van der Waals surface area (Å²) in [5, 5.41) is 28.8. The van der Waals surface area contributed by atoms with Crippen LogP contribution >= 0.6 is 0 Å². The molecule has 0 heterocycles. The summed E-state index contributed by atoms with van der Waals surface area (Å²) in [7, 11) is 0. The van der Waals surface area contributed by atoms with Crippen molar-refractivity contribution in [2.24, 2.45) is 0 Å². The fourth-order valence-corrected chi connectivity index (χ4v) is 16.3. The van der Waals surface area contributed by atoms with E-state index in [1.54, 1.807) is 0 Å². The van der Waals surface area contributed by atoms with Crippen LogP contribution in [-0.4, -0.2) is 109 Å². The lowest BCUT2D eigenvalue weighted by Gasteiger charge is -2.44. The molecular formula is C93H174N4O6+2. The Hall–Kier alpha value is -3.18. The number of hydrogen-bond acceptors (Lipinski definition) is 6. The smallest absolute Gasteiger partial charge is 0.411 e. The van der Waals surface area contributed by atoms with E-state index < -0.39 is 12.2 Å². The van der Waals surface area contributed by atoms with Gasteiger partial charge in [-0.25, -0.2) is 9.59 Å². The van der Waals surface area contributed by atoms with Gasteiger partial charge in [0.15, 0.2) is 0 Å². The first-order valence-corrected chi connectivity index (χ1v) is 45.7. The highest BCUT2D eigenvalue weighted by atomic mass is 16.6. The number of nitrogens with one attached hydrogen (secondary N) is 2. The van der Waals surface area contributed by atoms with E-state index >= 15 is 0 Å². The predicted molar refractivity (Wildman–Crippen MR) is 448 cm³/mol. The first-order valence-electron chi connectivity index (χ1n) is 45.7. The maximum Gasteiger partial charge on any atom is 0.411 e. The van der Waals surface area contributed by atoms with E-state index in [-0.39, 0.29) is 38.5 Å². The third kappa shape index (κ3) is 52.5. The van der Waals surface area contributed by atoms with Crippen LogP contribution in [-0.2, 0) is 15.9 Å². The Bertz CT molecular complexity index is 1850. The Labute approximate surface area is 639 Å². The number of amides is 2. The lowest BCUT2D eigenvalue weighted by Crippen LogP contribution is -2.60. The summed E-state index contributed by atoms with van der Waals surface area (Å²) >= 11 is 0. The van der Waals surface area contributed by atoms with Crippen LogP contribution < -0.4 is 10.6 Å². The zero-order valence-corrected chi connectivity index (χ0v) is 69.4. The van der Waals surface area contributed by atoms with E-state index in [0.717, 1.165) is 97.9 Å². The second kappa shape index (κ2) is 70.5. The number of aliphatic hydroxyl groups is 2. The van der Waals surface area contributed by atoms with Crippen LogP contribution in [0.15, 0.2) is 48.5 Å². The second-order valence-corrected chi connectivity index (χ2v) is 32.6. The SMILES string of the molecule is CCCCCCCCCCCC[N+](CCCCCCCCCCCC)(CCCCCCCCCCCC)C(CO)COC(=O)Nc1ccc(Cc2ccc(NC(=O)OCC(CO)[N+](CCCCCCCCCCCC)(CCCCCCCCCCCC)CCCCCCCCCCCC)cc2)cc1. The predicted octanol–water partition coefficient (Wildman–Crippen LogP) is 28.3. The molecule has 0 aliphatic carbocycles. The molecule has 0 radical (unpaired) electrons. The highest BCUT2D eigenvalue weighted by Crippen LogP contribution is 2.28. The van der Waals surface area contributed by atoms with Gasteiger partial charge < -0.3 is 28.7 Å². The van der Waals surface area contributed by atoms with Crippen LogP contribution in [0, 0.1) is 0 Å². The summed E-state index contributed by atoms with van der Waals surface area (Å²) in [6.45, 7) is 20.5. The van der Waals surface area contributed by atoms with Crippen molar-refractivity contribution in [2.75, 3.05) is 76.3 Å². The molecular weight excluding hydrogens is 1270 g/mol. The Morgan fingerprint density at radius 1 is 0.272 bits per heavy atom. The van der Waals surface area contributed by atoms with E-state index in [2.05, 4.69) is 76.4 Å². The van der Waals surface area contributed by atoms with Gasteiger partial charge in [0.2, 0.25) is 0 Å². The van der Waals surface area contributed by atoms with Gasteiger partial charge in [-0.15, -0.1) is 0 Å². The van der Waals surface area contributed by atoms with E-state index in [4.69, 9.17) is 9.47 Å². The fourth-order valence-electron chi connectivity index (χ4n) is 16.3. The van der Waals surface area contributed by atoms with Crippen molar-refractivity contribution < 1.29 is 38.2 Å². The van der Waals surface area contributed by atoms with E-state index in [9.17, 15) is 19.8 Å². The fraction of sp³-hybridized carbons (Fsp3) is 0.849. The molecule has 10 heteroatoms. The first kappa shape index (κ1) is 95.9. The Morgan fingerprint density at radius 3 is 0.602 bits per heavy atom. The molecule has 0 spiro atoms. The molecule has 0 saturated heterocycles. The quantitative estimate of drug-likeness (QED) is 0.0387. The second-order valence-electron chi connectivity index (χ2n) is 32.6. The average molecular weight is 1440 g/mol. The maximum atomic E-state index is 13.7. The van der Waals surface area contributed by atoms with Gasteiger partial charge in [-0.1, -0.05) is 374 Å². The number of nitrogens with zero attached hydrogens (tertiary/aromatic N) is 2. The molecule has 0 aromatic heterocycles. The number of unbranched alkanes of at least 4 members (excludes halogenated alkanes) is 54. The summed E-state index contributed by atoms with van der Waals surface area (Å²) in [4.78, 5) is 27.5. The van der Waals surface area contributed by atoms with E-state index in [1.807, 2.05) is 24.3 Å². The summed E-state index contributed by atoms with van der Waals surface area (Å²) in [6.07, 6.45) is 78.1. The van der Waals surface area contributed by atoms with Gasteiger partial charge in [0.25, 0.3) is 0 Å². The van der Waals surface area contributed by atoms with Crippen molar-refractivity contribution in [3.05, 3.63) is 59.7 Å². The summed E-state index contributed by atoms with van der Waals surface area (Å²) < 4.78 is 14.0. The number of hydrogen-bond donors (Lipinski definition) is 4. The first-order chi connectivity index (χ1) is 50.7. The molecule has 103 heavy (non-hydrogen) atoms. The molecule has 4 N–H and O–H groups in total. The molecule has 2 rings (SSSR count). The molecule has 2 amide bonds. The van der Waals surface area contributed by atoms with Crippen LogP contribution in [0.4, 0.5) is 21.0 Å². The van der Waals surface area contributed by atoms with Gasteiger partial charge in [-0.2, -0.15) is 0 Å². The molecule has 2 unspecified atom stereocenters. The molecule has 2 aromatic carbocycles. The third-order valence-electron chi connectivity index (χ3n) is 23.3. The third-order valence-corrected chi connectivity index (χ3v) is 23.3. The Balaban J connectivity index is 2.18. The van der Waals surface area contributed by atoms with Crippen molar-refractivity contribution in [3.63, 3.8) is 0 Å². The number of anilines is 2. The van der Waals surface area contributed by atoms with Crippen molar-refractivity contribution in [3.8, 4) is 0 Å². The van der Waals surface area contributed by atoms with Crippen molar-refractivity contribution in [1.82, 2.24) is 0 Å². The van der Waals surface area contributed by atoms with Gasteiger partial charge in [0.05, 0.1) is 52.5 Å². The number of rotatable bonds is 78. The van der Waals surface area contributed by atoms with E-state index in [1.165, 1.54) is 347 Å².